The minimum atomic E-state index is -1.73. The third-order valence-corrected chi connectivity index (χ3v) is 3.94. The summed E-state index contributed by atoms with van der Waals surface area (Å²) in [4.78, 5) is 14.9. The van der Waals surface area contributed by atoms with E-state index < -0.39 is 3.79 Å². The second-order valence-corrected chi connectivity index (χ2v) is 8.47. The average Bonchev–Trinajstić information content (AvgIpc) is 2.53. The van der Waals surface area contributed by atoms with Gasteiger partial charge < -0.3 is 20.6 Å². The van der Waals surface area contributed by atoms with E-state index in [-0.39, 0.29) is 17.8 Å². The number of hydrogen-bond donors (Lipinski definition) is 3. The summed E-state index contributed by atoms with van der Waals surface area (Å²) in [6.07, 6.45) is 0. The molecule has 10 heteroatoms. The summed E-state index contributed by atoms with van der Waals surface area (Å²) in [6.45, 7) is 7.59. The number of nitrogens with zero attached hydrogens (tertiary/aromatic N) is 4. The first kappa shape index (κ1) is 18.7. The highest BCUT2D eigenvalue weighted by atomic mass is 35.6. The van der Waals surface area contributed by atoms with E-state index in [1.165, 1.54) is 0 Å². The summed E-state index contributed by atoms with van der Waals surface area (Å²) >= 11 is 17.8. The van der Waals surface area contributed by atoms with E-state index in [1.807, 2.05) is 18.7 Å². The largest absolute Gasteiger partial charge is 0.396 e. The summed E-state index contributed by atoms with van der Waals surface area (Å²) in [5, 5.41) is 15.7. The number of hydrogen-bond acceptors (Lipinski definition) is 7. The van der Waals surface area contributed by atoms with E-state index in [1.54, 1.807) is 0 Å². The van der Waals surface area contributed by atoms with Crippen LogP contribution in [0.25, 0.3) is 0 Å². The van der Waals surface area contributed by atoms with Gasteiger partial charge in [-0.1, -0.05) is 48.7 Å². The predicted molar refractivity (Wildman–Crippen MR) is 93.5 cm³/mol. The number of halogens is 3. The molecule has 0 aromatic carbocycles. The van der Waals surface area contributed by atoms with Crippen molar-refractivity contribution in [3.05, 3.63) is 5.82 Å². The van der Waals surface area contributed by atoms with Gasteiger partial charge in [0, 0.05) is 44.7 Å². The Morgan fingerprint density at radius 2 is 1.83 bits per heavy atom. The second kappa shape index (κ2) is 7.53. The van der Waals surface area contributed by atoms with Gasteiger partial charge in [0.25, 0.3) is 0 Å². The van der Waals surface area contributed by atoms with Gasteiger partial charge in [-0.15, -0.1) is 0 Å². The van der Waals surface area contributed by atoms with Gasteiger partial charge in [0.1, 0.15) is 0 Å². The Labute approximate surface area is 150 Å². The van der Waals surface area contributed by atoms with E-state index in [0.717, 1.165) is 26.2 Å². The molecule has 3 N–H and O–H groups in total. The molecule has 0 aliphatic carbocycles. The monoisotopic (exact) mass is 382 g/mol. The molecule has 1 aromatic rings. The Morgan fingerprint density at radius 3 is 2.39 bits per heavy atom. The van der Waals surface area contributed by atoms with Gasteiger partial charge in [0.2, 0.25) is 15.7 Å². The van der Waals surface area contributed by atoms with E-state index in [9.17, 15) is 5.11 Å². The molecular formula is C13H21Cl3N6O. The Morgan fingerprint density at radius 1 is 1.17 bits per heavy atom. The Hall–Kier alpha value is -0.600. The third kappa shape index (κ3) is 5.46. The molecule has 0 spiro atoms. The van der Waals surface area contributed by atoms with Gasteiger partial charge in [-0.3, -0.25) is 0 Å². The smallest absolute Gasteiger partial charge is 0.250 e. The quantitative estimate of drug-likeness (QED) is 0.665. The molecule has 1 aromatic heterocycles. The summed E-state index contributed by atoms with van der Waals surface area (Å²) in [5.74, 6) is 0.888. The Bertz CT molecular complexity index is 531. The normalized spacial score (nSPS) is 16.5. The van der Waals surface area contributed by atoms with Crippen molar-refractivity contribution < 1.29 is 5.11 Å². The third-order valence-electron chi connectivity index (χ3n) is 3.43. The van der Waals surface area contributed by atoms with Crippen LogP contribution in [-0.4, -0.2) is 59.4 Å². The minimum Gasteiger partial charge on any atom is -0.396 e. The fourth-order valence-corrected chi connectivity index (χ4v) is 2.20. The van der Waals surface area contributed by atoms with Gasteiger partial charge in [0.15, 0.2) is 5.82 Å². The SMILES string of the molecule is CC(C)(CO)CNc1nc(N2CCNCC2)nc(C(Cl)(Cl)Cl)n1. The number of aliphatic hydroxyl groups is 1. The number of nitrogens with one attached hydrogen (secondary N) is 2. The lowest BCUT2D eigenvalue weighted by molar-refractivity contribution is 0.170. The number of aromatic nitrogens is 3. The number of alkyl halides is 3. The van der Waals surface area contributed by atoms with Crippen molar-refractivity contribution in [1.29, 1.82) is 0 Å². The summed E-state index contributed by atoms with van der Waals surface area (Å²) < 4.78 is -1.73. The first-order valence-corrected chi connectivity index (χ1v) is 8.48. The van der Waals surface area contributed by atoms with Crippen LogP contribution in [0.2, 0.25) is 0 Å². The first-order valence-electron chi connectivity index (χ1n) is 7.35. The zero-order chi connectivity index (χ0) is 17.1. The van der Waals surface area contributed by atoms with Gasteiger partial charge in [-0.25, -0.2) is 0 Å². The van der Waals surface area contributed by atoms with Gasteiger partial charge in [-0.2, -0.15) is 15.0 Å². The van der Waals surface area contributed by atoms with E-state index in [4.69, 9.17) is 34.8 Å². The van der Waals surface area contributed by atoms with Crippen LogP contribution >= 0.6 is 34.8 Å². The molecule has 2 rings (SSSR count). The van der Waals surface area contributed by atoms with Crippen molar-refractivity contribution in [3.8, 4) is 0 Å². The Kier molecular flexibility index (Phi) is 6.13. The second-order valence-electron chi connectivity index (χ2n) is 6.19. The maximum absolute atomic E-state index is 9.34. The topological polar surface area (TPSA) is 86.2 Å². The Balaban J connectivity index is 2.26. The molecule has 130 valence electrons. The average molecular weight is 384 g/mol. The molecule has 2 heterocycles. The van der Waals surface area contributed by atoms with Crippen molar-refractivity contribution in [2.24, 2.45) is 5.41 Å². The molecule has 23 heavy (non-hydrogen) atoms. The molecule has 1 fully saturated rings. The van der Waals surface area contributed by atoms with Crippen molar-refractivity contribution in [2.75, 3.05) is 49.5 Å². The van der Waals surface area contributed by atoms with Crippen molar-refractivity contribution in [1.82, 2.24) is 20.3 Å². The molecule has 1 saturated heterocycles. The highest BCUT2D eigenvalue weighted by molar-refractivity contribution is 6.66. The van der Waals surface area contributed by atoms with Crippen LogP contribution in [0.1, 0.15) is 19.7 Å². The molecule has 0 unspecified atom stereocenters. The van der Waals surface area contributed by atoms with Crippen molar-refractivity contribution in [3.63, 3.8) is 0 Å². The molecule has 0 amide bonds. The van der Waals surface area contributed by atoms with Gasteiger partial charge >= 0.3 is 0 Å². The van der Waals surface area contributed by atoms with Crippen molar-refractivity contribution >= 4 is 46.7 Å². The first-order chi connectivity index (χ1) is 10.7. The molecule has 7 nitrogen and oxygen atoms in total. The maximum Gasteiger partial charge on any atom is 0.250 e. The molecule has 0 bridgehead atoms. The molecule has 0 atom stereocenters. The summed E-state index contributed by atoms with van der Waals surface area (Å²) in [5.41, 5.74) is -0.317. The summed E-state index contributed by atoms with van der Waals surface area (Å²) in [6, 6.07) is 0. The van der Waals surface area contributed by atoms with Crippen LogP contribution < -0.4 is 15.5 Å². The van der Waals surface area contributed by atoms with E-state index in [2.05, 4.69) is 25.6 Å². The van der Waals surface area contributed by atoms with Crippen molar-refractivity contribution in [2.45, 2.75) is 17.6 Å². The standard InChI is InChI=1S/C13H21Cl3N6O/c1-12(2,8-23)7-18-10-19-9(13(14,15)16)20-11(21-10)22-5-3-17-4-6-22/h17,23H,3-8H2,1-2H3,(H,18,19,20,21). The number of anilines is 2. The lowest BCUT2D eigenvalue weighted by Gasteiger charge is -2.28. The van der Waals surface area contributed by atoms with Crippen LogP contribution in [0.5, 0.6) is 0 Å². The molecule has 1 aliphatic rings. The molecule has 0 radical (unpaired) electrons. The lowest BCUT2D eigenvalue weighted by Crippen LogP contribution is -2.44. The lowest BCUT2D eigenvalue weighted by atomic mass is 9.95. The maximum atomic E-state index is 9.34. The van der Waals surface area contributed by atoms with E-state index in [0.29, 0.717) is 18.4 Å². The number of piperazine rings is 1. The fourth-order valence-electron chi connectivity index (χ4n) is 1.95. The highest BCUT2D eigenvalue weighted by Crippen LogP contribution is 2.36. The van der Waals surface area contributed by atoms with Gasteiger partial charge in [0.05, 0.1) is 0 Å². The highest BCUT2D eigenvalue weighted by Gasteiger charge is 2.30. The molecular weight excluding hydrogens is 363 g/mol. The van der Waals surface area contributed by atoms with E-state index >= 15 is 0 Å². The predicted octanol–water partition coefficient (Wildman–Crippen LogP) is 1.54. The van der Waals surface area contributed by atoms with Crippen LogP contribution in [0, 0.1) is 5.41 Å². The minimum absolute atomic E-state index is 0.0348. The number of rotatable bonds is 5. The molecule has 0 saturated carbocycles. The fraction of sp³-hybridized carbons (Fsp3) is 0.769. The van der Waals surface area contributed by atoms with Crippen LogP contribution in [-0.2, 0) is 3.79 Å². The van der Waals surface area contributed by atoms with Crippen LogP contribution in [0.4, 0.5) is 11.9 Å². The van der Waals surface area contributed by atoms with Crippen LogP contribution in [0.3, 0.4) is 0 Å². The van der Waals surface area contributed by atoms with Gasteiger partial charge in [-0.05, 0) is 0 Å². The zero-order valence-electron chi connectivity index (χ0n) is 13.1. The number of aliphatic hydroxyl groups excluding tert-OH is 1. The van der Waals surface area contributed by atoms with Crippen LogP contribution in [0.15, 0.2) is 0 Å². The molecule has 1 aliphatic heterocycles. The zero-order valence-corrected chi connectivity index (χ0v) is 15.4. The summed E-state index contributed by atoms with van der Waals surface area (Å²) in [7, 11) is 0.